The molecule has 25 heavy (non-hydrogen) atoms. The van der Waals surface area contributed by atoms with Gasteiger partial charge < -0.3 is 15.7 Å². The molecule has 1 aromatic rings. The predicted octanol–water partition coefficient (Wildman–Crippen LogP) is 4.77. The first-order valence-electron chi connectivity index (χ1n) is 9.01. The number of hydrogen-bond donors (Lipinski definition) is 3. The second-order valence-corrected chi connectivity index (χ2v) is 6.75. The molecule has 0 radical (unpaired) electrons. The first-order chi connectivity index (χ1) is 11.9. The zero-order valence-electron chi connectivity index (χ0n) is 15.9. The van der Waals surface area contributed by atoms with Crippen molar-refractivity contribution in [3.8, 4) is 0 Å². The Labute approximate surface area is 151 Å². The summed E-state index contributed by atoms with van der Waals surface area (Å²) in [5.74, 6) is 0.0325. The van der Waals surface area contributed by atoms with E-state index in [1.807, 2.05) is 6.08 Å². The molecular weight excluding hydrogens is 308 g/mol. The first-order valence-corrected chi connectivity index (χ1v) is 9.01. The molecule has 1 aromatic carbocycles. The minimum atomic E-state index is 0.0325. The molecule has 0 aromatic heterocycles. The van der Waals surface area contributed by atoms with E-state index in [-0.39, 0.29) is 5.76 Å². The summed E-state index contributed by atoms with van der Waals surface area (Å²) >= 11 is 0. The van der Waals surface area contributed by atoms with E-state index in [4.69, 9.17) is 0 Å². The molecule has 1 heterocycles. The highest BCUT2D eigenvalue weighted by atomic mass is 16.3. The maximum Gasteiger partial charge on any atom is 0.117 e. The molecule has 0 saturated heterocycles. The average molecular weight is 338 g/mol. The lowest BCUT2D eigenvalue weighted by atomic mass is 9.91. The summed E-state index contributed by atoms with van der Waals surface area (Å²) in [7, 11) is 0. The van der Waals surface area contributed by atoms with E-state index in [1.165, 1.54) is 22.3 Å². The second kappa shape index (κ2) is 8.21. The topological polar surface area (TPSA) is 44.3 Å². The normalized spacial score (nSPS) is 14.2. The quantitative estimate of drug-likeness (QED) is 0.628. The third kappa shape index (κ3) is 4.43. The fraction of sp³-hybridized carbons (Fsp3) is 0.364. The molecule has 1 aliphatic rings. The summed E-state index contributed by atoms with van der Waals surface area (Å²) < 4.78 is 0. The van der Waals surface area contributed by atoms with Gasteiger partial charge in [0.15, 0.2) is 0 Å². The van der Waals surface area contributed by atoms with Gasteiger partial charge in [0.1, 0.15) is 5.76 Å². The van der Waals surface area contributed by atoms with Gasteiger partial charge in [0, 0.05) is 35.6 Å². The smallest absolute Gasteiger partial charge is 0.117 e. The Balaban J connectivity index is 2.46. The van der Waals surface area contributed by atoms with Crippen LogP contribution in [0.4, 0.5) is 0 Å². The number of aliphatic hydroxyl groups excluding tert-OH is 1. The van der Waals surface area contributed by atoms with Crippen molar-refractivity contribution < 1.29 is 5.11 Å². The molecule has 2 rings (SSSR count). The molecule has 0 atom stereocenters. The highest BCUT2D eigenvalue weighted by Gasteiger charge is 2.16. The predicted molar refractivity (Wildman–Crippen MR) is 107 cm³/mol. The lowest BCUT2D eigenvalue weighted by molar-refractivity contribution is 0.427. The highest BCUT2D eigenvalue weighted by molar-refractivity contribution is 5.75. The Morgan fingerprint density at radius 1 is 1.16 bits per heavy atom. The van der Waals surface area contributed by atoms with Crippen molar-refractivity contribution in [1.29, 1.82) is 0 Å². The van der Waals surface area contributed by atoms with Crippen molar-refractivity contribution in [2.24, 2.45) is 0 Å². The summed E-state index contributed by atoms with van der Waals surface area (Å²) in [5.41, 5.74) is 7.65. The van der Waals surface area contributed by atoms with Crippen molar-refractivity contribution in [1.82, 2.24) is 10.6 Å². The third-order valence-electron chi connectivity index (χ3n) is 4.53. The summed E-state index contributed by atoms with van der Waals surface area (Å²) in [5, 5.41) is 16.5. The minimum Gasteiger partial charge on any atom is -0.508 e. The van der Waals surface area contributed by atoms with Crippen LogP contribution >= 0.6 is 0 Å². The molecule has 0 amide bonds. The van der Waals surface area contributed by atoms with Crippen LogP contribution in [0.3, 0.4) is 0 Å². The van der Waals surface area contributed by atoms with Crippen molar-refractivity contribution in [3.05, 3.63) is 76.7 Å². The van der Waals surface area contributed by atoms with E-state index in [0.717, 1.165) is 30.7 Å². The van der Waals surface area contributed by atoms with Crippen molar-refractivity contribution in [3.63, 3.8) is 0 Å². The van der Waals surface area contributed by atoms with Gasteiger partial charge in [-0.2, -0.15) is 0 Å². The van der Waals surface area contributed by atoms with Gasteiger partial charge in [0.2, 0.25) is 0 Å². The van der Waals surface area contributed by atoms with E-state index in [9.17, 15) is 5.11 Å². The molecule has 0 spiro atoms. The lowest BCUT2D eigenvalue weighted by Crippen LogP contribution is -2.23. The fourth-order valence-corrected chi connectivity index (χ4v) is 3.07. The molecule has 0 fully saturated rings. The number of aryl methyl sites for hydroxylation is 2. The molecule has 0 bridgehead atoms. The standard InChI is InChI=1S/C22H30N2O/c1-7-17-10-19(12-23-14(3)4)20(11-18(17)8-2)22-9-15(5)21(13-24-22)16(6)25/h9-11,13-14,23-25H,5-8,12H2,1-4H3. The number of benzene rings is 1. The van der Waals surface area contributed by atoms with Crippen molar-refractivity contribution >= 4 is 5.70 Å². The number of dihydropyridines is 1. The Bertz CT molecular complexity index is 739. The summed E-state index contributed by atoms with van der Waals surface area (Å²) in [6.45, 7) is 17.2. The van der Waals surface area contributed by atoms with Crippen LogP contribution in [0, 0.1) is 0 Å². The van der Waals surface area contributed by atoms with E-state index in [1.54, 1.807) is 6.20 Å². The van der Waals surface area contributed by atoms with Gasteiger partial charge >= 0.3 is 0 Å². The maximum atomic E-state index is 9.65. The zero-order valence-corrected chi connectivity index (χ0v) is 15.9. The van der Waals surface area contributed by atoms with Crippen LogP contribution in [0.25, 0.3) is 5.70 Å². The molecular formula is C22H30N2O. The van der Waals surface area contributed by atoms with Crippen LogP contribution in [0.5, 0.6) is 0 Å². The molecule has 0 aliphatic carbocycles. The van der Waals surface area contributed by atoms with Crippen LogP contribution in [0.2, 0.25) is 0 Å². The number of hydrogen-bond acceptors (Lipinski definition) is 3. The van der Waals surface area contributed by atoms with Gasteiger partial charge in [0.05, 0.1) is 0 Å². The van der Waals surface area contributed by atoms with Gasteiger partial charge in [-0.3, -0.25) is 0 Å². The molecule has 3 N–H and O–H groups in total. The second-order valence-electron chi connectivity index (χ2n) is 6.75. The largest absolute Gasteiger partial charge is 0.508 e. The molecule has 134 valence electrons. The van der Waals surface area contributed by atoms with Crippen molar-refractivity contribution in [2.75, 3.05) is 0 Å². The van der Waals surface area contributed by atoms with Gasteiger partial charge in [0.25, 0.3) is 0 Å². The number of rotatable bonds is 7. The summed E-state index contributed by atoms with van der Waals surface area (Å²) in [4.78, 5) is 0. The monoisotopic (exact) mass is 338 g/mol. The van der Waals surface area contributed by atoms with Gasteiger partial charge in [-0.1, -0.05) is 46.9 Å². The SMILES string of the molecule is C=C(O)C1=CNC(c2cc(CC)c(CC)cc2CNC(C)C)=CC1=C. The van der Waals surface area contributed by atoms with Gasteiger partial charge in [-0.05, 0) is 47.2 Å². The Morgan fingerprint density at radius 2 is 1.80 bits per heavy atom. The van der Waals surface area contributed by atoms with E-state index >= 15 is 0 Å². The van der Waals surface area contributed by atoms with Gasteiger partial charge in [-0.25, -0.2) is 0 Å². The summed E-state index contributed by atoms with van der Waals surface area (Å²) in [6, 6.07) is 5.03. The number of nitrogens with one attached hydrogen (secondary N) is 2. The molecule has 0 saturated carbocycles. The van der Waals surface area contributed by atoms with E-state index in [0.29, 0.717) is 11.6 Å². The van der Waals surface area contributed by atoms with Crippen LogP contribution in [0.15, 0.2) is 54.5 Å². The maximum absolute atomic E-state index is 9.65. The first kappa shape index (κ1) is 19.1. The van der Waals surface area contributed by atoms with E-state index in [2.05, 4.69) is 63.6 Å². The van der Waals surface area contributed by atoms with E-state index < -0.39 is 0 Å². The molecule has 1 aliphatic heterocycles. The number of aliphatic hydroxyl groups is 1. The third-order valence-corrected chi connectivity index (χ3v) is 4.53. The molecule has 0 unspecified atom stereocenters. The van der Waals surface area contributed by atoms with Crippen LogP contribution in [-0.2, 0) is 19.4 Å². The number of allylic oxidation sites excluding steroid dienone is 2. The Kier molecular flexibility index (Phi) is 6.27. The fourth-order valence-electron chi connectivity index (χ4n) is 3.07. The van der Waals surface area contributed by atoms with Crippen molar-refractivity contribution in [2.45, 2.75) is 53.1 Å². The van der Waals surface area contributed by atoms with Gasteiger partial charge in [-0.15, -0.1) is 0 Å². The Morgan fingerprint density at radius 3 is 2.32 bits per heavy atom. The van der Waals surface area contributed by atoms with Crippen LogP contribution in [0.1, 0.15) is 49.9 Å². The molecule has 3 heteroatoms. The average Bonchev–Trinajstić information content (AvgIpc) is 2.58. The Hall–Kier alpha value is -2.26. The minimum absolute atomic E-state index is 0.0325. The molecule has 3 nitrogen and oxygen atoms in total. The summed E-state index contributed by atoms with van der Waals surface area (Å²) in [6.07, 6.45) is 5.80. The zero-order chi connectivity index (χ0) is 18.6. The lowest BCUT2D eigenvalue weighted by Gasteiger charge is -2.22. The highest BCUT2D eigenvalue weighted by Crippen LogP contribution is 2.29. The van der Waals surface area contributed by atoms with Crippen LogP contribution < -0.4 is 10.6 Å². The van der Waals surface area contributed by atoms with Crippen LogP contribution in [-0.4, -0.2) is 11.1 Å².